The van der Waals surface area contributed by atoms with E-state index in [1.54, 1.807) is 12.1 Å². The van der Waals surface area contributed by atoms with Crippen LogP contribution in [0, 0.1) is 0 Å². The van der Waals surface area contributed by atoms with Gasteiger partial charge in [0.2, 0.25) is 10.0 Å². The summed E-state index contributed by atoms with van der Waals surface area (Å²) in [5.41, 5.74) is 1.61. The first kappa shape index (κ1) is 13.7. The lowest BCUT2D eigenvalue weighted by molar-refractivity contribution is 0.598. The van der Waals surface area contributed by atoms with Crippen LogP contribution in [0.15, 0.2) is 48.8 Å². The summed E-state index contributed by atoms with van der Waals surface area (Å²) in [6, 6.07) is 11.2. The number of aromatic nitrogens is 1. The van der Waals surface area contributed by atoms with Crippen LogP contribution < -0.4 is 4.72 Å². The molecule has 0 aliphatic carbocycles. The number of hydrogen-bond donors (Lipinski definition) is 1. The van der Waals surface area contributed by atoms with Crippen molar-refractivity contribution in [3.8, 4) is 5.69 Å². The minimum Gasteiger partial charge on any atom is -0.324 e. The molecule has 1 heterocycles. The molecule has 0 unspecified atom stereocenters. The van der Waals surface area contributed by atoms with Crippen LogP contribution in [0.5, 0.6) is 0 Å². The van der Waals surface area contributed by atoms with Crippen molar-refractivity contribution in [2.75, 3.05) is 10.5 Å². The molecule has 0 radical (unpaired) electrons. The lowest BCUT2D eigenvalue weighted by atomic mass is 10.3. The zero-order chi connectivity index (χ0) is 13.7. The number of benzene rings is 1. The molecule has 2 rings (SSSR count). The third kappa shape index (κ3) is 3.86. The summed E-state index contributed by atoms with van der Waals surface area (Å²) in [5.74, 6) is 0.169. The molecule has 1 aromatic heterocycles. The van der Waals surface area contributed by atoms with Crippen molar-refractivity contribution in [3.05, 3.63) is 48.8 Å². The van der Waals surface area contributed by atoms with E-state index in [0.717, 1.165) is 12.1 Å². The highest BCUT2D eigenvalue weighted by Gasteiger charge is 2.09. The lowest BCUT2D eigenvalue weighted by Crippen LogP contribution is -2.16. The van der Waals surface area contributed by atoms with Crippen molar-refractivity contribution < 1.29 is 8.42 Å². The summed E-state index contributed by atoms with van der Waals surface area (Å²) in [5, 5.41) is 0. The van der Waals surface area contributed by atoms with E-state index in [1.807, 2.05) is 48.1 Å². The first-order valence-electron chi connectivity index (χ1n) is 6.34. The highest BCUT2D eigenvalue weighted by Crippen LogP contribution is 2.15. The molecule has 19 heavy (non-hydrogen) atoms. The van der Waals surface area contributed by atoms with E-state index >= 15 is 0 Å². The van der Waals surface area contributed by atoms with Gasteiger partial charge in [-0.25, -0.2) is 8.42 Å². The van der Waals surface area contributed by atoms with Gasteiger partial charge in [-0.1, -0.05) is 13.3 Å². The van der Waals surface area contributed by atoms with Crippen molar-refractivity contribution >= 4 is 15.7 Å². The highest BCUT2D eigenvalue weighted by atomic mass is 32.2. The van der Waals surface area contributed by atoms with Gasteiger partial charge < -0.3 is 4.57 Å². The third-order valence-electron chi connectivity index (χ3n) is 2.81. The van der Waals surface area contributed by atoms with Crippen molar-refractivity contribution in [2.45, 2.75) is 19.8 Å². The number of nitrogens with one attached hydrogen (secondary N) is 1. The number of sulfonamides is 1. The Morgan fingerprint density at radius 1 is 1.11 bits per heavy atom. The number of anilines is 1. The summed E-state index contributed by atoms with van der Waals surface area (Å²) in [4.78, 5) is 0. The van der Waals surface area contributed by atoms with Crippen molar-refractivity contribution in [3.63, 3.8) is 0 Å². The molecule has 0 saturated heterocycles. The summed E-state index contributed by atoms with van der Waals surface area (Å²) in [6.45, 7) is 1.97. The lowest BCUT2D eigenvalue weighted by Gasteiger charge is -2.08. The Kier molecular flexibility index (Phi) is 4.27. The molecule has 0 amide bonds. The van der Waals surface area contributed by atoms with E-state index in [9.17, 15) is 8.42 Å². The van der Waals surface area contributed by atoms with Gasteiger partial charge in [-0.3, -0.25) is 4.72 Å². The molecule has 0 spiro atoms. The van der Waals surface area contributed by atoms with E-state index in [-0.39, 0.29) is 5.75 Å². The number of unbranched alkanes of at least 4 members (excludes halogenated alkanes) is 1. The van der Waals surface area contributed by atoms with Crippen LogP contribution >= 0.6 is 0 Å². The zero-order valence-corrected chi connectivity index (χ0v) is 11.7. The molecule has 5 heteroatoms. The van der Waals surface area contributed by atoms with Crippen LogP contribution in [0.4, 0.5) is 5.69 Å². The summed E-state index contributed by atoms with van der Waals surface area (Å²) in [6.07, 6.45) is 5.44. The predicted octanol–water partition coefficient (Wildman–Crippen LogP) is 3.02. The van der Waals surface area contributed by atoms with Crippen LogP contribution in [-0.4, -0.2) is 18.7 Å². The van der Waals surface area contributed by atoms with Gasteiger partial charge in [-0.05, 0) is 42.8 Å². The fourth-order valence-electron chi connectivity index (χ4n) is 1.77. The maximum atomic E-state index is 11.8. The van der Waals surface area contributed by atoms with Crippen molar-refractivity contribution in [1.29, 1.82) is 0 Å². The maximum Gasteiger partial charge on any atom is 0.232 e. The highest BCUT2D eigenvalue weighted by molar-refractivity contribution is 7.92. The molecule has 0 saturated carbocycles. The largest absolute Gasteiger partial charge is 0.324 e. The second-order valence-corrected chi connectivity index (χ2v) is 6.25. The van der Waals surface area contributed by atoms with E-state index in [0.29, 0.717) is 12.1 Å². The first-order valence-corrected chi connectivity index (χ1v) is 8.00. The van der Waals surface area contributed by atoms with Crippen LogP contribution in [0.25, 0.3) is 5.69 Å². The molecule has 0 atom stereocenters. The molecular formula is C14H18N2O2S. The van der Waals surface area contributed by atoms with Crippen LogP contribution in [0.3, 0.4) is 0 Å². The molecule has 0 bridgehead atoms. The van der Waals surface area contributed by atoms with Gasteiger partial charge in [0.25, 0.3) is 0 Å². The molecule has 1 aromatic carbocycles. The topological polar surface area (TPSA) is 51.1 Å². The zero-order valence-electron chi connectivity index (χ0n) is 10.9. The number of hydrogen-bond acceptors (Lipinski definition) is 2. The van der Waals surface area contributed by atoms with Crippen LogP contribution in [0.2, 0.25) is 0 Å². The smallest absolute Gasteiger partial charge is 0.232 e. The monoisotopic (exact) mass is 278 g/mol. The summed E-state index contributed by atoms with van der Waals surface area (Å²) in [7, 11) is -3.22. The molecular weight excluding hydrogens is 260 g/mol. The van der Waals surface area contributed by atoms with Gasteiger partial charge in [0.1, 0.15) is 0 Å². The third-order valence-corrected chi connectivity index (χ3v) is 4.18. The fourth-order valence-corrected chi connectivity index (χ4v) is 3.04. The van der Waals surface area contributed by atoms with E-state index in [4.69, 9.17) is 0 Å². The fraction of sp³-hybridized carbons (Fsp3) is 0.286. The Morgan fingerprint density at radius 3 is 2.32 bits per heavy atom. The average Bonchev–Trinajstić information content (AvgIpc) is 2.91. The molecule has 2 aromatic rings. The Balaban J connectivity index is 2.07. The van der Waals surface area contributed by atoms with Gasteiger partial charge in [0.05, 0.1) is 5.75 Å². The first-order chi connectivity index (χ1) is 9.11. The summed E-state index contributed by atoms with van der Waals surface area (Å²) >= 11 is 0. The average molecular weight is 278 g/mol. The molecule has 0 aliphatic rings. The van der Waals surface area contributed by atoms with Gasteiger partial charge >= 0.3 is 0 Å². The minimum absolute atomic E-state index is 0.169. The SMILES string of the molecule is CCCCS(=O)(=O)Nc1ccc(-n2cccc2)cc1. The van der Waals surface area contributed by atoms with E-state index < -0.39 is 10.0 Å². The molecule has 102 valence electrons. The molecule has 1 N–H and O–H groups in total. The molecule has 0 aliphatic heterocycles. The Morgan fingerprint density at radius 2 is 1.74 bits per heavy atom. The Labute approximate surface area is 114 Å². The Hall–Kier alpha value is -1.75. The van der Waals surface area contributed by atoms with Gasteiger partial charge in [-0.2, -0.15) is 0 Å². The van der Waals surface area contributed by atoms with Crippen LogP contribution in [0.1, 0.15) is 19.8 Å². The standard InChI is InChI=1S/C14H18N2O2S/c1-2-3-12-19(17,18)15-13-6-8-14(9-7-13)16-10-4-5-11-16/h4-11,15H,2-3,12H2,1H3. The second kappa shape index (κ2) is 5.93. The van der Waals surface area contributed by atoms with Crippen molar-refractivity contribution in [1.82, 2.24) is 4.57 Å². The quantitative estimate of drug-likeness (QED) is 0.883. The number of nitrogens with zero attached hydrogens (tertiary/aromatic N) is 1. The normalized spacial score (nSPS) is 11.4. The molecule has 0 fully saturated rings. The van der Waals surface area contributed by atoms with E-state index in [2.05, 4.69) is 4.72 Å². The predicted molar refractivity (Wildman–Crippen MR) is 78.1 cm³/mol. The van der Waals surface area contributed by atoms with Crippen molar-refractivity contribution in [2.24, 2.45) is 0 Å². The van der Waals surface area contributed by atoms with Gasteiger partial charge in [0, 0.05) is 23.8 Å². The maximum absolute atomic E-state index is 11.8. The van der Waals surface area contributed by atoms with E-state index in [1.165, 1.54) is 0 Å². The van der Waals surface area contributed by atoms with Gasteiger partial charge in [0.15, 0.2) is 0 Å². The van der Waals surface area contributed by atoms with Gasteiger partial charge in [-0.15, -0.1) is 0 Å². The molecule has 4 nitrogen and oxygen atoms in total. The second-order valence-electron chi connectivity index (χ2n) is 4.41. The summed E-state index contributed by atoms with van der Waals surface area (Å²) < 4.78 is 28.1. The minimum atomic E-state index is -3.22. The van der Waals surface area contributed by atoms with Crippen LogP contribution in [-0.2, 0) is 10.0 Å². The Bertz CT molecular complexity index is 601. The number of rotatable bonds is 6.